The zero-order valence-electron chi connectivity index (χ0n) is 9.94. The van der Waals surface area contributed by atoms with E-state index in [9.17, 15) is 4.79 Å². The number of hydrogen-bond donors (Lipinski definition) is 1. The van der Waals surface area contributed by atoms with Gasteiger partial charge in [0.15, 0.2) is 0 Å². The van der Waals surface area contributed by atoms with Gasteiger partial charge in [0.1, 0.15) is 0 Å². The maximum atomic E-state index is 11.9. The number of fused-ring (bicyclic) bond motifs is 1. The first kappa shape index (κ1) is 11.0. The van der Waals surface area contributed by atoms with Gasteiger partial charge < -0.3 is 14.8 Å². The molecule has 0 saturated carbocycles. The van der Waals surface area contributed by atoms with E-state index >= 15 is 0 Å². The summed E-state index contributed by atoms with van der Waals surface area (Å²) in [6, 6.07) is 4.35. The molecule has 2 heterocycles. The SMILES string of the molecule is CCCNC(=O)N1CCn2cccc2C1C. The van der Waals surface area contributed by atoms with Crippen molar-refractivity contribution in [2.75, 3.05) is 13.1 Å². The van der Waals surface area contributed by atoms with E-state index in [0.29, 0.717) is 0 Å². The van der Waals surface area contributed by atoms with E-state index in [1.165, 1.54) is 5.69 Å². The molecule has 0 saturated heterocycles. The number of rotatable bonds is 2. The summed E-state index contributed by atoms with van der Waals surface area (Å²) in [5.41, 5.74) is 1.22. The van der Waals surface area contributed by atoms with Crippen molar-refractivity contribution in [2.24, 2.45) is 0 Å². The highest BCUT2D eigenvalue weighted by Crippen LogP contribution is 2.24. The minimum Gasteiger partial charge on any atom is -0.348 e. The van der Waals surface area contributed by atoms with Crippen molar-refractivity contribution < 1.29 is 4.79 Å². The van der Waals surface area contributed by atoms with Gasteiger partial charge in [-0.15, -0.1) is 0 Å². The first-order valence-corrected chi connectivity index (χ1v) is 5.93. The number of carbonyl (C=O) groups is 1. The van der Waals surface area contributed by atoms with Crippen LogP contribution in [0.4, 0.5) is 4.79 Å². The van der Waals surface area contributed by atoms with Crippen molar-refractivity contribution in [3.05, 3.63) is 24.0 Å². The maximum Gasteiger partial charge on any atom is 0.318 e. The summed E-state index contributed by atoms with van der Waals surface area (Å²) in [6.45, 7) is 6.58. The van der Waals surface area contributed by atoms with Gasteiger partial charge in [-0.05, 0) is 25.5 Å². The summed E-state index contributed by atoms with van der Waals surface area (Å²) in [5, 5.41) is 2.93. The van der Waals surface area contributed by atoms with Crippen molar-refractivity contribution in [2.45, 2.75) is 32.9 Å². The van der Waals surface area contributed by atoms with Crippen molar-refractivity contribution in [1.29, 1.82) is 0 Å². The molecular formula is C12H19N3O. The Balaban J connectivity index is 2.06. The van der Waals surface area contributed by atoms with E-state index in [4.69, 9.17) is 0 Å². The fourth-order valence-electron chi connectivity index (χ4n) is 2.19. The topological polar surface area (TPSA) is 37.3 Å². The Bertz CT molecular complexity index is 372. The third kappa shape index (κ3) is 1.92. The molecule has 88 valence electrons. The maximum absolute atomic E-state index is 11.9. The standard InChI is InChI=1S/C12H19N3O/c1-3-6-13-12(16)15-9-8-14-7-4-5-11(14)10(15)2/h4-5,7,10H,3,6,8-9H2,1-2H3,(H,13,16). The molecule has 1 aliphatic heterocycles. The Morgan fingerprint density at radius 1 is 1.56 bits per heavy atom. The predicted molar refractivity (Wildman–Crippen MR) is 63.2 cm³/mol. The van der Waals surface area contributed by atoms with Crippen LogP contribution in [0.5, 0.6) is 0 Å². The van der Waals surface area contributed by atoms with Gasteiger partial charge in [-0.25, -0.2) is 4.79 Å². The molecule has 0 fully saturated rings. The Morgan fingerprint density at radius 2 is 2.38 bits per heavy atom. The first-order valence-electron chi connectivity index (χ1n) is 5.93. The van der Waals surface area contributed by atoms with E-state index in [2.05, 4.69) is 36.0 Å². The minimum atomic E-state index is 0.0572. The Labute approximate surface area is 96.2 Å². The third-order valence-corrected chi connectivity index (χ3v) is 3.13. The van der Waals surface area contributed by atoms with Crippen molar-refractivity contribution in [3.8, 4) is 0 Å². The molecule has 0 spiro atoms. The molecule has 2 amide bonds. The predicted octanol–water partition coefficient (Wildman–Crippen LogP) is 1.98. The molecule has 1 unspecified atom stereocenters. The lowest BCUT2D eigenvalue weighted by Gasteiger charge is -2.34. The molecule has 16 heavy (non-hydrogen) atoms. The highest BCUT2D eigenvalue weighted by atomic mass is 16.2. The molecule has 2 rings (SSSR count). The molecular weight excluding hydrogens is 202 g/mol. The van der Waals surface area contributed by atoms with Gasteiger partial charge in [0.05, 0.1) is 6.04 Å². The van der Waals surface area contributed by atoms with Gasteiger partial charge in [0.2, 0.25) is 0 Å². The normalized spacial score (nSPS) is 19.4. The number of nitrogens with one attached hydrogen (secondary N) is 1. The summed E-state index contributed by atoms with van der Waals surface area (Å²) in [5.74, 6) is 0. The lowest BCUT2D eigenvalue weighted by atomic mass is 10.1. The van der Waals surface area contributed by atoms with Crippen molar-refractivity contribution in [1.82, 2.24) is 14.8 Å². The van der Waals surface area contributed by atoms with Crippen LogP contribution in [0.2, 0.25) is 0 Å². The highest BCUT2D eigenvalue weighted by molar-refractivity contribution is 5.74. The monoisotopic (exact) mass is 221 g/mol. The van der Waals surface area contributed by atoms with Gasteiger partial charge in [-0.1, -0.05) is 6.92 Å². The van der Waals surface area contributed by atoms with Crippen LogP contribution in [-0.4, -0.2) is 28.6 Å². The largest absolute Gasteiger partial charge is 0.348 e. The van der Waals surface area contributed by atoms with Crippen LogP contribution < -0.4 is 5.32 Å². The number of nitrogens with zero attached hydrogens (tertiary/aromatic N) is 2. The summed E-state index contributed by atoms with van der Waals surface area (Å²) >= 11 is 0. The van der Waals surface area contributed by atoms with Gasteiger partial charge in [0.25, 0.3) is 0 Å². The van der Waals surface area contributed by atoms with Crippen LogP contribution in [0.3, 0.4) is 0 Å². The molecule has 1 aliphatic rings. The molecule has 0 radical (unpaired) electrons. The molecule has 0 aliphatic carbocycles. The summed E-state index contributed by atoms with van der Waals surface area (Å²) in [7, 11) is 0. The van der Waals surface area contributed by atoms with E-state index in [-0.39, 0.29) is 12.1 Å². The molecule has 0 bridgehead atoms. The fraction of sp³-hybridized carbons (Fsp3) is 0.583. The van der Waals surface area contributed by atoms with Crippen molar-refractivity contribution in [3.63, 3.8) is 0 Å². The van der Waals surface area contributed by atoms with Crippen LogP contribution in [0, 0.1) is 0 Å². The lowest BCUT2D eigenvalue weighted by molar-refractivity contribution is 0.162. The first-order chi connectivity index (χ1) is 7.74. The van der Waals surface area contributed by atoms with Crippen LogP contribution in [0.25, 0.3) is 0 Å². The summed E-state index contributed by atoms with van der Waals surface area (Å²) in [4.78, 5) is 13.8. The number of amides is 2. The Morgan fingerprint density at radius 3 is 3.12 bits per heavy atom. The summed E-state index contributed by atoms with van der Waals surface area (Å²) < 4.78 is 2.22. The van der Waals surface area contributed by atoms with E-state index in [1.807, 2.05) is 11.0 Å². The quantitative estimate of drug-likeness (QED) is 0.814. The highest BCUT2D eigenvalue weighted by Gasteiger charge is 2.26. The number of aromatic nitrogens is 1. The number of carbonyl (C=O) groups excluding carboxylic acids is 1. The van der Waals surface area contributed by atoms with Crippen LogP contribution in [0.15, 0.2) is 18.3 Å². The average Bonchev–Trinajstić information content (AvgIpc) is 2.75. The molecule has 1 N–H and O–H groups in total. The average molecular weight is 221 g/mol. The van der Waals surface area contributed by atoms with Gasteiger partial charge in [0, 0.05) is 31.5 Å². The zero-order valence-corrected chi connectivity index (χ0v) is 9.94. The molecule has 1 aromatic heterocycles. The second-order valence-corrected chi connectivity index (χ2v) is 4.23. The molecule has 4 nitrogen and oxygen atoms in total. The molecule has 1 atom stereocenters. The smallest absolute Gasteiger partial charge is 0.318 e. The van der Waals surface area contributed by atoms with E-state index in [1.54, 1.807) is 0 Å². The second kappa shape index (κ2) is 4.60. The van der Waals surface area contributed by atoms with Crippen LogP contribution >= 0.6 is 0 Å². The molecule has 1 aromatic rings. The Kier molecular flexibility index (Phi) is 3.17. The van der Waals surface area contributed by atoms with Crippen LogP contribution in [-0.2, 0) is 6.54 Å². The zero-order chi connectivity index (χ0) is 11.5. The minimum absolute atomic E-state index is 0.0572. The third-order valence-electron chi connectivity index (χ3n) is 3.13. The summed E-state index contributed by atoms with van der Waals surface area (Å²) in [6.07, 6.45) is 3.05. The van der Waals surface area contributed by atoms with Crippen LogP contribution in [0.1, 0.15) is 32.0 Å². The Hall–Kier alpha value is -1.45. The fourth-order valence-corrected chi connectivity index (χ4v) is 2.19. The second-order valence-electron chi connectivity index (χ2n) is 4.23. The molecule has 0 aromatic carbocycles. The van der Waals surface area contributed by atoms with Gasteiger partial charge >= 0.3 is 6.03 Å². The van der Waals surface area contributed by atoms with Gasteiger partial charge in [-0.2, -0.15) is 0 Å². The number of hydrogen-bond acceptors (Lipinski definition) is 1. The van der Waals surface area contributed by atoms with Crippen molar-refractivity contribution >= 4 is 6.03 Å². The number of urea groups is 1. The van der Waals surface area contributed by atoms with Gasteiger partial charge in [-0.3, -0.25) is 0 Å². The van der Waals surface area contributed by atoms with E-state index < -0.39 is 0 Å². The molecule has 4 heteroatoms. The lowest BCUT2D eigenvalue weighted by Crippen LogP contribution is -2.46. The van der Waals surface area contributed by atoms with E-state index in [0.717, 1.165) is 26.1 Å².